The van der Waals surface area contributed by atoms with Gasteiger partial charge in [-0.2, -0.15) is 0 Å². The van der Waals surface area contributed by atoms with Crippen LogP contribution in [0.2, 0.25) is 0 Å². The highest BCUT2D eigenvalue weighted by molar-refractivity contribution is 5.97. The summed E-state index contributed by atoms with van der Waals surface area (Å²) < 4.78 is 6.46. The van der Waals surface area contributed by atoms with E-state index in [1.165, 1.54) is 7.11 Å². The largest absolute Gasteiger partial charge is 0.465 e. The van der Waals surface area contributed by atoms with Crippen molar-refractivity contribution in [1.29, 1.82) is 0 Å². The number of carbonyl (C=O) groups is 1. The van der Waals surface area contributed by atoms with Crippen LogP contribution in [0.4, 0.5) is 0 Å². The average Bonchev–Trinajstić information content (AvgIpc) is 2.76. The minimum absolute atomic E-state index is 0.162. The molecule has 4 nitrogen and oxygen atoms in total. The molecule has 0 amide bonds. The van der Waals surface area contributed by atoms with Crippen molar-refractivity contribution in [3.8, 4) is 11.3 Å². The number of nitrogens with two attached hydrogens (primary N) is 1. The Kier molecular flexibility index (Phi) is 3.57. The smallest absolute Gasteiger partial charge is 0.340 e. The van der Waals surface area contributed by atoms with E-state index in [1.54, 1.807) is 4.68 Å². The molecule has 0 atom stereocenters. The number of esters is 1. The first kappa shape index (κ1) is 14.2. The molecule has 0 saturated heterocycles. The number of carbonyl (C=O) groups excluding carboxylic acids is 1. The minimum Gasteiger partial charge on any atom is -0.465 e. The van der Waals surface area contributed by atoms with Gasteiger partial charge >= 0.3 is 5.97 Å². The molecule has 0 aliphatic heterocycles. The lowest BCUT2D eigenvalue weighted by Crippen LogP contribution is -2.23. The molecule has 20 heavy (non-hydrogen) atoms. The third kappa shape index (κ3) is 2.41. The Labute approximate surface area is 119 Å². The van der Waals surface area contributed by atoms with Crippen LogP contribution in [0.25, 0.3) is 11.3 Å². The summed E-state index contributed by atoms with van der Waals surface area (Å²) in [5.74, 6) is 5.85. The molecule has 2 aromatic rings. The van der Waals surface area contributed by atoms with Crippen molar-refractivity contribution in [2.45, 2.75) is 26.2 Å². The summed E-state index contributed by atoms with van der Waals surface area (Å²) in [6, 6.07) is 11.4. The van der Waals surface area contributed by atoms with E-state index in [0.29, 0.717) is 11.3 Å². The molecule has 2 rings (SSSR count). The third-order valence-electron chi connectivity index (χ3n) is 3.26. The molecule has 4 heteroatoms. The van der Waals surface area contributed by atoms with Gasteiger partial charge in [0, 0.05) is 16.7 Å². The van der Waals surface area contributed by atoms with Crippen LogP contribution in [-0.4, -0.2) is 17.8 Å². The first-order valence-electron chi connectivity index (χ1n) is 6.51. The maximum atomic E-state index is 12.0. The highest BCUT2D eigenvalue weighted by atomic mass is 16.5. The molecule has 0 spiro atoms. The summed E-state index contributed by atoms with van der Waals surface area (Å²) in [5.41, 5.74) is 2.79. The van der Waals surface area contributed by atoms with Gasteiger partial charge < -0.3 is 10.6 Å². The Hall–Kier alpha value is -2.23. The number of benzene rings is 1. The van der Waals surface area contributed by atoms with Crippen molar-refractivity contribution in [3.05, 3.63) is 47.7 Å². The van der Waals surface area contributed by atoms with Crippen LogP contribution in [-0.2, 0) is 10.2 Å². The van der Waals surface area contributed by atoms with Crippen molar-refractivity contribution >= 4 is 5.97 Å². The van der Waals surface area contributed by atoms with Gasteiger partial charge in [0.2, 0.25) is 0 Å². The fourth-order valence-corrected chi connectivity index (χ4v) is 2.26. The molecule has 0 saturated carbocycles. The van der Waals surface area contributed by atoms with Crippen molar-refractivity contribution in [1.82, 2.24) is 4.68 Å². The molecule has 0 bridgehead atoms. The number of hydrogen-bond donors (Lipinski definition) is 1. The highest BCUT2D eigenvalue weighted by Crippen LogP contribution is 2.32. The molecule has 106 valence electrons. The summed E-state index contributed by atoms with van der Waals surface area (Å²) in [6.07, 6.45) is 0. The van der Waals surface area contributed by atoms with Gasteiger partial charge in [0.1, 0.15) is 0 Å². The Morgan fingerprint density at radius 2 is 1.80 bits per heavy atom. The second-order valence-corrected chi connectivity index (χ2v) is 5.77. The minimum atomic E-state index is -0.376. The SMILES string of the molecule is COC(=O)c1cc(C(C)(C)C)n(N)c1-c1ccccc1. The molecule has 1 heterocycles. The lowest BCUT2D eigenvalue weighted by Gasteiger charge is -2.20. The van der Waals surface area contributed by atoms with Crippen molar-refractivity contribution in [2.24, 2.45) is 0 Å². The molecule has 0 aliphatic carbocycles. The van der Waals surface area contributed by atoms with Gasteiger partial charge in [-0.1, -0.05) is 51.1 Å². The van der Waals surface area contributed by atoms with Gasteiger partial charge in [0.25, 0.3) is 0 Å². The average molecular weight is 272 g/mol. The quantitative estimate of drug-likeness (QED) is 0.675. The van der Waals surface area contributed by atoms with Gasteiger partial charge in [-0.15, -0.1) is 0 Å². The zero-order valence-electron chi connectivity index (χ0n) is 12.3. The van der Waals surface area contributed by atoms with E-state index >= 15 is 0 Å². The molecule has 0 fully saturated rings. The number of rotatable bonds is 2. The number of hydrogen-bond acceptors (Lipinski definition) is 3. The number of aromatic nitrogens is 1. The van der Waals surface area contributed by atoms with Gasteiger partial charge in [-0.05, 0) is 6.07 Å². The number of methoxy groups -OCH3 is 1. The second-order valence-electron chi connectivity index (χ2n) is 5.77. The van der Waals surface area contributed by atoms with E-state index in [9.17, 15) is 4.79 Å². The highest BCUT2D eigenvalue weighted by Gasteiger charge is 2.26. The predicted octanol–water partition coefficient (Wildman–Crippen LogP) is 2.95. The second kappa shape index (κ2) is 5.04. The zero-order valence-corrected chi connectivity index (χ0v) is 12.3. The zero-order chi connectivity index (χ0) is 14.9. The molecule has 2 N–H and O–H groups in total. The van der Waals surface area contributed by atoms with E-state index in [2.05, 4.69) is 20.8 Å². The van der Waals surface area contributed by atoms with Crippen LogP contribution in [0.5, 0.6) is 0 Å². The third-order valence-corrected chi connectivity index (χ3v) is 3.26. The molecule has 1 aromatic heterocycles. The Morgan fingerprint density at radius 1 is 1.20 bits per heavy atom. The normalized spacial score (nSPS) is 11.4. The number of nitrogens with zero attached hydrogens (tertiary/aromatic N) is 1. The molecule has 0 aliphatic rings. The van der Waals surface area contributed by atoms with E-state index < -0.39 is 0 Å². The maximum absolute atomic E-state index is 12.0. The standard InChI is InChI=1S/C16H20N2O2/c1-16(2,3)13-10-12(15(19)20-4)14(18(13)17)11-8-6-5-7-9-11/h5-10H,17H2,1-4H3. The van der Waals surface area contributed by atoms with E-state index in [4.69, 9.17) is 10.6 Å². The summed E-state index contributed by atoms with van der Waals surface area (Å²) in [5, 5.41) is 0. The van der Waals surface area contributed by atoms with Gasteiger partial charge in [-0.3, -0.25) is 4.68 Å². The topological polar surface area (TPSA) is 57.2 Å². The van der Waals surface area contributed by atoms with Gasteiger partial charge in [0.05, 0.1) is 18.4 Å². The first-order valence-corrected chi connectivity index (χ1v) is 6.51. The number of nitrogen functional groups attached to an aromatic ring is 1. The van der Waals surface area contributed by atoms with Crippen LogP contribution in [0.1, 0.15) is 36.8 Å². The maximum Gasteiger partial charge on any atom is 0.340 e. The fraction of sp³-hybridized carbons (Fsp3) is 0.312. The molecule has 0 radical (unpaired) electrons. The Bertz CT molecular complexity index is 622. The van der Waals surface area contributed by atoms with Gasteiger partial charge in [-0.25, -0.2) is 4.79 Å². The van der Waals surface area contributed by atoms with Crippen LogP contribution in [0.3, 0.4) is 0 Å². The fourth-order valence-electron chi connectivity index (χ4n) is 2.26. The summed E-state index contributed by atoms with van der Waals surface area (Å²) >= 11 is 0. The van der Waals surface area contributed by atoms with Crippen molar-refractivity contribution in [3.63, 3.8) is 0 Å². The van der Waals surface area contributed by atoms with Gasteiger partial charge in [0.15, 0.2) is 0 Å². The van der Waals surface area contributed by atoms with Crippen LogP contribution in [0, 0.1) is 0 Å². The molecular weight excluding hydrogens is 252 g/mol. The predicted molar refractivity (Wildman–Crippen MR) is 80.1 cm³/mol. The van der Waals surface area contributed by atoms with Crippen molar-refractivity contribution in [2.75, 3.05) is 13.0 Å². The summed E-state index contributed by atoms with van der Waals surface area (Å²) in [6.45, 7) is 6.17. The monoisotopic (exact) mass is 272 g/mol. The van der Waals surface area contributed by atoms with E-state index in [1.807, 2.05) is 36.4 Å². The van der Waals surface area contributed by atoms with E-state index in [-0.39, 0.29) is 11.4 Å². The molecule has 0 unspecified atom stereocenters. The Balaban J connectivity index is 2.71. The summed E-state index contributed by atoms with van der Waals surface area (Å²) in [4.78, 5) is 12.0. The van der Waals surface area contributed by atoms with E-state index in [0.717, 1.165) is 11.3 Å². The first-order chi connectivity index (χ1) is 9.36. The van der Waals surface area contributed by atoms with Crippen LogP contribution in [0.15, 0.2) is 36.4 Å². The van der Waals surface area contributed by atoms with Crippen molar-refractivity contribution < 1.29 is 9.53 Å². The Morgan fingerprint density at radius 3 is 2.30 bits per heavy atom. The molecular formula is C16H20N2O2. The molecule has 1 aromatic carbocycles. The lowest BCUT2D eigenvalue weighted by molar-refractivity contribution is 0.0601. The van der Waals surface area contributed by atoms with Crippen LogP contribution < -0.4 is 5.84 Å². The number of ether oxygens (including phenoxy) is 1. The van der Waals surface area contributed by atoms with Crippen LogP contribution >= 0.6 is 0 Å². The summed E-state index contributed by atoms with van der Waals surface area (Å²) in [7, 11) is 1.38. The lowest BCUT2D eigenvalue weighted by atomic mass is 9.92.